The first kappa shape index (κ1) is 22.2. The third-order valence-electron chi connectivity index (χ3n) is 4.87. The predicted molar refractivity (Wildman–Crippen MR) is 119 cm³/mol. The third kappa shape index (κ3) is 5.54. The van der Waals surface area contributed by atoms with Crippen LogP contribution >= 0.6 is 0 Å². The maximum absolute atomic E-state index is 11.3. The second kappa shape index (κ2) is 9.98. The number of aromatic nitrogens is 1. The highest BCUT2D eigenvalue weighted by Crippen LogP contribution is 2.25. The van der Waals surface area contributed by atoms with E-state index in [1.54, 1.807) is 13.0 Å². The van der Waals surface area contributed by atoms with E-state index in [-0.39, 0.29) is 5.76 Å². The fourth-order valence-corrected chi connectivity index (χ4v) is 3.33. The topological polar surface area (TPSA) is 81.8 Å². The molecule has 1 aromatic heterocycles. The van der Waals surface area contributed by atoms with Crippen molar-refractivity contribution in [2.45, 2.75) is 34.1 Å². The number of oxazole rings is 1. The first-order valence-corrected chi connectivity index (χ1v) is 10.2. The highest BCUT2D eigenvalue weighted by atomic mass is 16.5. The van der Waals surface area contributed by atoms with Gasteiger partial charge in [-0.05, 0) is 74.7 Å². The molecule has 2 aromatic carbocycles. The molecule has 0 radical (unpaired) electrons. The van der Waals surface area contributed by atoms with E-state index in [0.29, 0.717) is 25.5 Å². The standard InChI is InChI=1S/C25H27NO5/c1-5-29-23(25(27)28)15-21-16(2)13-20(14-17(21)3)30-12-11-22-18(4)31-24(26-22)19-9-7-6-8-10-19/h6-10,13-15H,5,11-12H2,1-4H3,(H,27,28)/b23-15-. The van der Waals surface area contributed by atoms with E-state index in [9.17, 15) is 9.90 Å². The average molecular weight is 421 g/mol. The molecule has 0 aliphatic carbocycles. The normalized spacial score (nSPS) is 11.4. The Morgan fingerprint density at radius 1 is 1.13 bits per heavy atom. The molecule has 6 heteroatoms. The molecule has 0 aliphatic rings. The van der Waals surface area contributed by atoms with Gasteiger partial charge in [-0.3, -0.25) is 0 Å². The van der Waals surface area contributed by atoms with Crippen molar-refractivity contribution in [2.24, 2.45) is 0 Å². The van der Waals surface area contributed by atoms with Crippen molar-refractivity contribution in [2.75, 3.05) is 13.2 Å². The summed E-state index contributed by atoms with van der Waals surface area (Å²) in [7, 11) is 0. The number of nitrogens with zero attached hydrogens (tertiary/aromatic N) is 1. The molecule has 0 spiro atoms. The Kier molecular flexibility index (Phi) is 7.13. The van der Waals surface area contributed by atoms with E-state index < -0.39 is 5.97 Å². The van der Waals surface area contributed by atoms with Gasteiger partial charge in [0.1, 0.15) is 11.5 Å². The molecule has 0 unspecified atom stereocenters. The van der Waals surface area contributed by atoms with Crippen molar-refractivity contribution >= 4 is 12.0 Å². The van der Waals surface area contributed by atoms with E-state index in [1.165, 1.54) is 0 Å². The molecule has 6 nitrogen and oxygen atoms in total. The lowest BCUT2D eigenvalue weighted by Gasteiger charge is -2.12. The Hall–Kier alpha value is -3.54. The summed E-state index contributed by atoms with van der Waals surface area (Å²) in [4.78, 5) is 16.0. The zero-order chi connectivity index (χ0) is 22.4. The summed E-state index contributed by atoms with van der Waals surface area (Å²) in [5.74, 6) is 0.966. The molecular weight excluding hydrogens is 394 g/mol. The third-order valence-corrected chi connectivity index (χ3v) is 4.87. The van der Waals surface area contributed by atoms with E-state index in [4.69, 9.17) is 13.9 Å². The molecule has 1 heterocycles. The SMILES string of the molecule is CCO/C(=C\c1c(C)cc(OCCc2nc(-c3ccccc3)oc2C)cc1C)C(=O)O. The van der Waals surface area contributed by atoms with Crippen LogP contribution in [0, 0.1) is 20.8 Å². The van der Waals surface area contributed by atoms with Crippen LogP contribution in [-0.4, -0.2) is 29.3 Å². The van der Waals surface area contributed by atoms with Gasteiger partial charge >= 0.3 is 5.97 Å². The van der Waals surface area contributed by atoms with Crippen LogP contribution in [0.3, 0.4) is 0 Å². The second-order valence-corrected chi connectivity index (χ2v) is 7.20. The Balaban J connectivity index is 1.69. The van der Waals surface area contributed by atoms with Gasteiger partial charge in [0.05, 0.1) is 18.9 Å². The van der Waals surface area contributed by atoms with Crippen molar-refractivity contribution < 1.29 is 23.8 Å². The Labute approximate surface area is 182 Å². The van der Waals surface area contributed by atoms with Gasteiger partial charge in [0.2, 0.25) is 11.6 Å². The summed E-state index contributed by atoms with van der Waals surface area (Å²) in [6.07, 6.45) is 2.18. The number of benzene rings is 2. The molecule has 0 atom stereocenters. The summed E-state index contributed by atoms with van der Waals surface area (Å²) >= 11 is 0. The molecule has 0 saturated heterocycles. The van der Waals surface area contributed by atoms with Gasteiger partial charge in [-0.25, -0.2) is 9.78 Å². The number of aryl methyl sites for hydroxylation is 3. The lowest BCUT2D eigenvalue weighted by Crippen LogP contribution is -2.06. The number of hydrogen-bond acceptors (Lipinski definition) is 5. The van der Waals surface area contributed by atoms with Gasteiger partial charge < -0.3 is 19.0 Å². The number of carbonyl (C=O) groups is 1. The highest BCUT2D eigenvalue weighted by molar-refractivity contribution is 5.90. The van der Waals surface area contributed by atoms with E-state index >= 15 is 0 Å². The van der Waals surface area contributed by atoms with Crippen molar-refractivity contribution in [1.82, 2.24) is 4.98 Å². The maximum Gasteiger partial charge on any atom is 0.371 e. The first-order valence-electron chi connectivity index (χ1n) is 10.2. The van der Waals surface area contributed by atoms with Crippen LogP contribution in [0.2, 0.25) is 0 Å². The Morgan fingerprint density at radius 2 is 1.81 bits per heavy atom. The van der Waals surface area contributed by atoms with E-state index in [0.717, 1.165) is 39.5 Å². The van der Waals surface area contributed by atoms with Gasteiger partial charge in [-0.2, -0.15) is 0 Å². The van der Waals surface area contributed by atoms with Crippen LogP contribution in [0.5, 0.6) is 5.75 Å². The van der Waals surface area contributed by atoms with Crippen LogP contribution < -0.4 is 4.74 Å². The van der Waals surface area contributed by atoms with Gasteiger partial charge in [0.25, 0.3) is 0 Å². The van der Waals surface area contributed by atoms with Crippen LogP contribution in [0.25, 0.3) is 17.5 Å². The summed E-state index contributed by atoms with van der Waals surface area (Å²) in [5.41, 5.74) is 4.46. The lowest BCUT2D eigenvalue weighted by molar-refractivity contribution is -0.136. The molecule has 0 saturated carbocycles. The van der Waals surface area contributed by atoms with Crippen molar-refractivity contribution in [3.8, 4) is 17.2 Å². The summed E-state index contributed by atoms with van der Waals surface area (Å²) in [6.45, 7) is 8.26. The molecule has 31 heavy (non-hydrogen) atoms. The molecule has 3 aromatic rings. The van der Waals surface area contributed by atoms with Crippen molar-refractivity contribution in [1.29, 1.82) is 0 Å². The van der Waals surface area contributed by atoms with Crippen LogP contribution in [0.4, 0.5) is 0 Å². The van der Waals surface area contributed by atoms with Crippen LogP contribution in [-0.2, 0) is 16.0 Å². The molecule has 0 bridgehead atoms. The van der Waals surface area contributed by atoms with Crippen molar-refractivity contribution in [3.05, 3.63) is 76.4 Å². The summed E-state index contributed by atoms with van der Waals surface area (Å²) in [6, 6.07) is 13.6. The average Bonchev–Trinajstić information content (AvgIpc) is 3.11. The number of carboxylic acids is 1. The number of hydrogen-bond donors (Lipinski definition) is 1. The minimum absolute atomic E-state index is 0.0712. The van der Waals surface area contributed by atoms with E-state index in [1.807, 2.05) is 63.2 Å². The Morgan fingerprint density at radius 3 is 2.42 bits per heavy atom. The van der Waals surface area contributed by atoms with Gasteiger partial charge in [-0.1, -0.05) is 18.2 Å². The number of rotatable bonds is 9. The monoisotopic (exact) mass is 421 g/mol. The number of aliphatic carboxylic acids is 1. The van der Waals surface area contributed by atoms with Crippen LogP contribution in [0.1, 0.15) is 35.1 Å². The molecule has 0 fully saturated rings. The second-order valence-electron chi connectivity index (χ2n) is 7.20. The number of ether oxygens (including phenoxy) is 2. The molecular formula is C25H27NO5. The molecule has 0 aliphatic heterocycles. The fourth-order valence-electron chi connectivity index (χ4n) is 3.33. The zero-order valence-corrected chi connectivity index (χ0v) is 18.3. The highest BCUT2D eigenvalue weighted by Gasteiger charge is 2.13. The predicted octanol–water partition coefficient (Wildman–Crippen LogP) is 5.35. The van der Waals surface area contributed by atoms with Gasteiger partial charge in [0, 0.05) is 12.0 Å². The smallest absolute Gasteiger partial charge is 0.371 e. The minimum Gasteiger partial charge on any atom is -0.493 e. The molecule has 3 rings (SSSR count). The number of carboxylic acid groups (broad SMARTS) is 1. The fraction of sp³-hybridized carbons (Fsp3) is 0.280. The zero-order valence-electron chi connectivity index (χ0n) is 18.3. The Bertz CT molecular complexity index is 1060. The van der Waals surface area contributed by atoms with E-state index in [2.05, 4.69) is 4.98 Å². The molecule has 0 amide bonds. The maximum atomic E-state index is 11.3. The summed E-state index contributed by atoms with van der Waals surface area (Å²) in [5, 5.41) is 9.29. The van der Waals surface area contributed by atoms with Crippen LogP contribution in [0.15, 0.2) is 52.6 Å². The van der Waals surface area contributed by atoms with Gasteiger partial charge in [0.15, 0.2) is 0 Å². The van der Waals surface area contributed by atoms with Gasteiger partial charge in [-0.15, -0.1) is 0 Å². The lowest BCUT2D eigenvalue weighted by atomic mass is 10.0. The first-order chi connectivity index (χ1) is 14.9. The molecule has 1 N–H and O–H groups in total. The quantitative estimate of drug-likeness (QED) is 0.370. The largest absolute Gasteiger partial charge is 0.493 e. The summed E-state index contributed by atoms with van der Waals surface area (Å²) < 4.78 is 17.0. The van der Waals surface area contributed by atoms with Crippen molar-refractivity contribution in [3.63, 3.8) is 0 Å². The molecule has 162 valence electrons. The minimum atomic E-state index is -1.08.